The number of aliphatic hydroxyl groups is 1. The predicted octanol–water partition coefficient (Wildman–Crippen LogP) is 2.09. The van der Waals surface area contributed by atoms with E-state index < -0.39 is 0 Å². The minimum atomic E-state index is -0.363. The van der Waals surface area contributed by atoms with Crippen molar-refractivity contribution in [3.8, 4) is 5.69 Å². The van der Waals surface area contributed by atoms with Crippen molar-refractivity contribution in [1.82, 2.24) is 15.0 Å². The van der Waals surface area contributed by atoms with Gasteiger partial charge in [0.25, 0.3) is 0 Å². The highest BCUT2D eigenvalue weighted by molar-refractivity contribution is 9.10. The van der Waals surface area contributed by atoms with E-state index in [0.717, 1.165) is 5.69 Å². The number of halogens is 2. The summed E-state index contributed by atoms with van der Waals surface area (Å²) in [5.41, 5.74) is 1.07. The number of nitrogens with zero attached hydrogens (tertiary/aromatic N) is 3. The highest BCUT2D eigenvalue weighted by Gasteiger charge is 2.10. The zero-order valence-corrected chi connectivity index (χ0v) is 10.6. The predicted molar refractivity (Wildman–Crippen MR) is 64.4 cm³/mol. The average molecular weight is 300 g/mol. The van der Waals surface area contributed by atoms with Gasteiger partial charge in [0.15, 0.2) is 0 Å². The number of rotatable bonds is 4. The molecule has 0 bridgehead atoms. The fraction of sp³-hybridized carbons (Fsp3) is 0.273. The maximum Gasteiger partial charge on any atom is 0.150 e. The molecule has 4 nitrogen and oxygen atoms in total. The number of hydrogen-bond donors (Lipinski definition) is 1. The third kappa shape index (κ3) is 2.70. The first-order chi connectivity index (χ1) is 8.22. The van der Waals surface area contributed by atoms with Crippen LogP contribution in [0, 0.1) is 5.82 Å². The van der Waals surface area contributed by atoms with E-state index in [1.54, 1.807) is 18.3 Å². The van der Waals surface area contributed by atoms with Gasteiger partial charge >= 0.3 is 0 Å². The van der Waals surface area contributed by atoms with E-state index >= 15 is 0 Å². The van der Waals surface area contributed by atoms with Gasteiger partial charge in [0.05, 0.1) is 11.9 Å². The molecular weight excluding hydrogens is 289 g/mol. The van der Waals surface area contributed by atoms with Crippen LogP contribution in [0.4, 0.5) is 4.39 Å². The summed E-state index contributed by atoms with van der Waals surface area (Å²) in [5, 5.41) is 16.5. The van der Waals surface area contributed by atoms with Crippen LogP contribution >= 0.6 is 15.9 Å². The lowest BCUT2D eigenvalue weighted by atomic mass is 10.2. The summed E-state index contributed by atoms with van der Waals surface area (Å²) in [6, 6.07) is 4.73. The molecule has 0 aliphatic rings. The monoisotopic (exact) mass is 299 g/mol. The Bertz CT molecular complexity index is 495. The lowest BCUT2D eigenvalue weighted by Crippen LogP contribution is -1.99. The van der Waals surface area contributed by atoms with Crippen molar-refractivity contribution in [3.05, 3.63) is 40.4 Å². The zero-order chi connectivity index (χ0) is 12.3. The summed E-state index contributed by atoms with van der Waals surface area (Å²) >= 11 is 3.28. The molecular formula is C11H11BrFN3O. The zero-order valence-electron chi connectivity index (χ0n) is 8.98. The van der Waals surface area contributed by atoms with E-state index in [1.807, 2.05) is 0 Å². The fourth-order valence-corrected chi connectivity index (χ4v) is 2.01. The van der Waals surface area contributed by atoms with Crippen LogP contribution in [0.25, 0.3) is 5.69 Å². The molecule has 0 saturated carbocycles. The number of aliphatic hydroxyl groups excluding tert-OH is 1. The summed E-state index contributed by atoms with van der Waals surface area (Å²) in [7, 11) is 0. The van der Waals surface area contributed by atoms with Crippen molar-refractivity contribution in [1.29, 1.82) is 0 Å². The number of para-hydroxylation sites is 1. The molecule has 1 aromatic carbocycles. The van der Waals surface area contributed by atoms with Gasteiger partial charge in [0.2, 0.25) is 0 Å². The normalized spacial score (nSPS) is 10.8. The summed E-state index contributed by atoms with van der Waals surface area (Å²) < 4.78 is 15.7. The third-order valence-electron chi connectivity index (χ3n) is 2.30. The Morgan fingerprint density at radius 2 is 2.24 bits per heavy atom. The van der Waals surface area contributed by atoms with E-state index in [1.165, 1.54) is 10.7 Å². The van der Waals surface area contributed by atoms with E-state index in [-0.39, 0.29) is 12.4 Å². The van der Waals surface area contributed by atoms with Crippen LogP contribution in [0.2, 0.25) is 0 Å². The van der Waals surface area contributed by atoms with Gasteiger partial charge in [-0.3, -0.25) is 0 Å². The van der Waals surface area contributed by atoms with Crippen LogP contribution in [-0.2, 0) is 6.42 Å². The molecule has 0 unspecified atom stereocenters. The number of hydrogen-bond acceptors (Lipinski definition) is 3. The third-order valence-corrected chi connectivity index (χ3v) is 2.94. The maximum atomic E-state index is 13.6. The van der Waals surface area contributed by atoms with Gasteiger partial charge in [-0.15, -0.1) is 5.10 Å². The smallest absolute Gasteiger partial charge is 0.150 e. The van der Waals surface area contributed by atoms with Crippen molar-refractivity contribution in [3.63, 3.8) is 0 Å². The van der Waals surface area contributed by atoms with Crippen molar-refractivity contribution in [2.24, 2.45) is 0 Å². The lowest BCUT2D eigenvalue weighted by Gasteiger charge is -2.03. The van der Waals surface area contributed by atoms with E-state index in [4.69, 9.17) is 5.11 Å². The summed E-state index contributed by atoms with van der Waals surface area (Å²) in [5.74, 6) is -0.363. The van der Waals surface area contributed by atoms with Gasteiger partial charge in [-0.1, -0.05) is 11.3 Å². The molecule has 0 aliphatic carbocycles. The largest absolute Gasteiger partial charge is 0.396 e. The minimum absolute atomic E-state index is 0.107. The quantitative estimate of drug-likeness (QED) is 0.940. The maximum absolute atomic E-state index is 13.6. The van der Waals surface area contributed by atoms with Gasteiger partial charge in [-0.25, -0.2) is 9.07 Å². The Morgan fingerprint density at radius 3 is 2.94 bits per heavy atom. The van der Waals surface area contributed by atoms with E-state index in [9.17, 15) is 4.39 Å². The molecule has 1 N–H and O–H groups in total. The first-order valence-electron chi connectivity index (χ1n) is 5.19. The molecule has 2 aromatic rings. The van der Waals surface area contributed by atoms with E-state index in [0.29, 0.717) is 23.0 Å². The molecule has 0 aliphatic heterocycles. The Hall–Kier alpha value is -1.27. The minimum Gasteiger partial charge on any atom is -0.396 e. The van der Waals surface area contributed by atoms with Crippen molar-refractivity contribution < 1.29 is 9.50 Å². The number of aromatic nitrogens is 3. The molecule has 0 spiro atoms. The van der Waals surface area contributed by atoms with Crippen LogP contribution in [0.5, 0.6) is 0 Å². The fourth-order valence-electron chi connectivity index (χ4n) is 1.49. The summed E-state index contributed by atoms with van der Waals surface area (Å²) in [6.45, 7) is 0.107. The van der Waals surface area contributed by atoms with Crippen molar-refractivity contribution in [2.75, 3.05) is 6.61 Å². The molecule has 0 saturated heterocycles. The molecule has 90 valence electrons. The van der Waals surface area contributed by atoms with Crippen LogP contribution in [-0.4, -0.2) is 26.7 Å². The topological polar surface area (TPSA) is 50.9 Å². The Labute approximate surface area is 106 Å². The number of benzene rings is 1. The SMILES string of the molecule is OCCCc1cn(-c2c(F)cccc2Br)nn1. The van der Waals surface area contributed by atoms with Gasteiger partial charge < -0.3 is 5.11 Å². The Kier molecular flexibility index (Phi) is 3.86. The van der Waals surface area contributed by atoms with Crippen LogP contribution < -0.4 is 0 Å². The molecule has 2 rings (SSSR count). The van der Waals surface area contributed by atoms with Crippen LogP contribution in [0.15, 0.2) is 28.9 Å². The second kappa shape index (κ2) is 5.37. The molecule has 0 amide bonds. The molecule has 0 radical (unpaired) electrons. The van der Waals surface area contributed by atoms with Gasteiger partial charge in [-0.05, 0) is 40.9 Å². The van der Waals surface area contributed by atoms with Crippen LogP contribution in [0.1, 0.15) is 12.1 Å². The molecule has 1 aromatic heterocycles. The molecule has 17 heavy (non-hydrogen) atoms. The second-order valence-electron chi connectivity index (χ2n) is 3.55. The first kappa shape index (κ1) is 12.2. The van der Waals surface area contributed by atoms with Gasteiger partial charge in [-0.2, -0.15) is 0 Å². The lowest BCUT2D eigenvalue weighted by molar-refractivity contribution is 0.288. The number of aryl methyl sites for hydroxylation is 1. The highest BCUT2D eigenvalue weighted by Crippen LogP contribution is 2.23. The first-order valence-corrected chi connectivity index (χ1v) is 5.98. The van der Waals surface area contributed by atoms with Gasteiger partial charge in [0.1, 0.15) is 11.5 Å². The standard InChI is InChI=1S/C11H11BrFN3O/c12-9-4-1-5-10(13)11(9)16-7-8(14-15-16)3-2-6-17/h1,4-5,7,17H,2-3,6H2. The summed E-state index contributed by atoms with van der Waals surface area (Å²) in [4.78, 5) is 0. The molecule has 0 fully saturated rings. The molecule has 6 heteroatoms. The highest BCUT2D eigenvalue weighted by atomic mass is 79.9. The van der Waals surface area contributed by atoms with E-state index in [2.05, 4.69) is 26.2 Å². The molecule has 1 heterocycles. The van der Waals surface area contributed by atoms with Crippen molar-refractivity contribution in [2.45, 2.75) is 12.8 Å². The van der Waals surface area contributed by atoms with Gasteiger partial charge in [0, 0.05) is 11.1 Å². The summed E-state index contributed by atoms with van der Waals surface area (Å²) in [6.07, 6.45) is 2.92. The Balaban J connectivity index is 2.30. The Morgan fingerprint density at radius 1 is 1.41 bits per heavy atom. The second-order valence-corrected chi connectivity index (χ2v) is 4.41. The average Bonchev–Trinajstić information content (AvgIpc) is 2.75. The molecule has 0 atom stereocenters. The van der Waals surface area contributed by atoms with Crippen LogP contribution in [0.3, 0.4) is 0 Å². The van der Waals surface area contributed by atoms with Crippen molar-refractivity contribution >= 4 is 15.9 Å².